The maximum Gasteiger partial charge on any atom is 0.271 e. The summed E-state index contributed by atoms with van der Waals surface area (Å²) in [6.07, 6.45) is 0.616. The number of hydrogen-bond acceptors (Lipinski definition) is 4. The van der Waals surface area contributed by atoms with Gasteiger partial charge in [-0.1, -0.05) is 13.8 Å². The van der Waals surface area contributed by atoms with Gasteiger partial charge in [-0.15, -0.1) is 0 Å². The number of H-pyrrole nitrogens is 1. The molecule has 0 bridgehead atoms. The predicted octanol–water partition coefficient (Wildman–Crippen LogP) is 1.59. The third kappa shape index (κ3) is 3.23. The molecule has 2 aromatic heterocycles. The molecule has 0 spiro atoms. The summed E-state index contributed by atoms with van der Waals surface area (Å²) in [5, 5.41) is 19.1. The Labute approximate surface area is 110 Å². The van der Waals surface area contributed by atoms with Gasteiger partial charge in [0.05, 0.1) is 12.8 Å². The van der Waals surface area contributed by atoms with Gasteiger partial charge in [0.2, 0.25) is 0 Å². The first-order valence-corrected chi connectivity index (χ1v) is 6.13. The summed E-state index contributed by atoms with van der Waals surface area (Å²) in [4.78, 5) is 11.8. The zero-order valence-corrected chi connectivity index (χ0v) is 10.9. The maximum atomic E-state index is 11.8. The lowest BCUT2D eigenvalue weighted by Crippen LogP contribution is -2.28. The quantitative estimate of drug-likeness (QED) is 0.764. The lowest BCUT2D eigenvalue weighted by molar-refractivity contribution is 0.0896. The minimum Gasteiger partial charge on any atom is -0.467 e. The van der Waals surface area contributed by atoms with E-state index in [0.717, 1.165) is 5.69 Å². The van der Waals surface area contributed by atoms with Gasteiger partial charge in [-0.3, -0.25) is 9.89 Å². The van der Waals surface area contributed by atoms with Crippen molar-refractivity contribution >= 4 is 5.91 Å². The molecule has 6 heteroatoms. The van der Waals surface area contributed by atoms with E-state index in [-0.39, 0.29) is 18.4 Å². The smallest absolute Gasteiger partial charge is 0.271 e. The van der Waals surface area contributed by atoms with Crippen molar-refractivity contribution in [2.45, 2.75) is 25.9 Å². The van der Waals surface area contributed by atoms with E-state index in [1.54, 1.807) is 18.2 Å². The van der Waals surface area contributed by atoms with Crippen molar-refractivity contribution in [1.82, 2.24) is 15.5 Å². The molecule has 6 nitrogen and oxygen atoms in total. The average molecular weight is 263 g/mol. The molecular weight excluding hydrogens is 246 g/mol. The maximum absolute atomic E-state index is 11.8. The number of aromatic amines is 1. The van der Waals surface area contributed by atoms with Gasteiger partial charge in [-0.25, -0.2) is 0 Å². The molecule has 2 heterocycles. The first-order valence-electron chi connectivity index (χ1n) is 6.13. The van der Waals surface area contributed by atoms with Crippen LogP contribution in [0.15, 0.2) is 28.9 Å². The monoisotopic (exact) mass is 263 g/mol. The summed E-state index contributed by atoms with van der Waals surface area (Å²) in [5.74, 6) is 0.377. The van der Waals surface area contributed by atoms with Crippen molar-refractivity contribution in [2.75, 3.05) is 6.54 Å². The normalized spacial score (nSPS) is 12.6. The summed E-state index contributed by atoms with van der Waals surface area (Å²) in [6, 6.07) is 5.05. The molecule has 0 aliphatic carbocycles. The van der Waals surface area contributed by atoms with Crippen molar-refractivity contribution in [3.63, 3.8) is 0 Å². The second kappa shape index (κ2) is 5.71. The average Bonchev–Trinajstić information content (AvgIpc) is 3.05. The van der Waals surface area contributed by atoms with Crippen molar-refractivity contribution in [3.8, 4) is 0 Å². The van der Waals surface area contributed by atoms with Crippen molar-refractivity contribution < 1.29 is 14.3 Å². The molecular formula is C13H17N3O3. The van der Waals surface area contributed by atoms with Gasteiger partial charge >= 0.3 is 0 Å². The fourth-order valence-corrected chi connectivity index (χ4v) is 1.61. The Morgan fingerprint density at radius 1 is 1.58 bits per heavy atom. The van der Waals surface area contributed by atoms with Gasteiger partial charge < -0.3 is 14.8 Å². The van der Waals surface area contributed by atoms with E-state index in [2.05, 4.69) is 15.5 Å². The summed E-state index contributed by atoms with van der Waals surface area (Å²) in [7, 11) is 0. The zero-order valence-electron chi connectivity index (χ0n) is 10.9. The molecule has 19 heavy (non-hydrogen) atoms. The molecule has 1 atom stereocenters. The Balaban J connectivity index is 1.90. The lowest BCUT2D eigenvalue weighted by atomic mass is 10.1. The zero-order chi connectivity index (χ0) is 13.8. The Morgan fingerprint density at radius 3 is 2.95 bits per heavy atom. The number of rotatable bonds is 5. The van der Waals surface area contributed by atoms with E-state index < -0.39 is 6.10 Å². The van der Waals surface area contributed by atoms with Gasteiger partial charge in [0.1, 0.15) is 17.6 Å². The van der Waals surface area contributed by atoms with Crippen LogP contribution in [0.5, 0.6) is 0 Å². The molecule has 0 aliphatic rings. The molecule has 1 amide bonds. The van der Waals surface area contributed by atoms with Crippen LogP contribution in [-0.4, -0.2) is 27.8 Å². The van der Waals surface area contributed by atoms with Gasteiger partial charge in [0.15, 0.2) is 0 Å². The first kappa shape index (κ1) is 13.4. The van der Waals surface area contributed by atoms with Crippen LogP contribution in [0.2, 0.25) is 0 Å². The summed E-state index contributed by atoms with van der Waals surface area (Å²) < 4.78 is 5.05. The Morgan fingerprint density at radius 2 is 2.37 bits per heavy atom. The van der Waals surface area contributed by atoms with Crippen molar-refractivity contribution in [1.29, 1.82) is 0 Å². The number of carbonyl (C=O) groups excluding carboxylic acids is 1. The van der Waals surface area contributed by atoms with Crippen LogP contribution < -0.4 is 5.32 Å². The number of carbonyl (C=O) groups is 1. The van der Waals surface area contributed by atoms with Crippen LogP contribution in [0.1, 0.15) is 47.8 Å². The molecule has 2 rings (SSSR count). The van der Waals surface area contributed by atoms with E-state index in [1.807, 2.05) is 13.8 Å². The topological polar surface area (TPSA) is 91.2 Å². The first-order chi connectivity index (χ1) is 9.08. The molecule has 3 N–H and O–H groups in total. The summed E-state index contributed by atoms with van der Waals surface area (Å²) in [6.45, 7) is 4.10. The molecule has 1 unspecified atom stereocenters. The SMILES string of the molecule is CC(C)c1cc(C(=O)NCC(O)c2ccco2)n[nH]1. The van der Waals surface area contributed by atoms with Crippen LogP contribution in [0.3, 0.4) is 0 Å². The van der Waals surface area contributed by atoms with E-state index in [1.165, 1.54) is 6.26 Å². The molecule has 0 saturated heterocycles. The minimum absolute atomic E-state index is 0.0796. The third-order valence-electron chi connectivity index (χ3n) is 2.78. The number of aliphatic hydroxyl groups excluding tert-OH is 1. The molecule has 0 aliphatic heterocycles. The molecule has 2 aromatic rings. The number of furan rings is 1. The second-order valence-corrected chi connectivity index (χ2v) is 4.60. The van der Waals surface area contributed by atoms with Crippen LogP contribution in [0.4, 0.5) is 0 Å². The number of nitrogens with zero attached hydrogens (tertiary/aromatic N) is 1. The number of aliphatic hydroxyl groups is 1. The molecule has 102 valence electrons. The standard InChI is InChI=1S/C13H17N3O3/c1-8(2)9-6-10(16-15-9)13(18)14-7-11(17)12-4-3-5-19-12/h3-6,8,11,17H,7H2,1-2H3,(H,14,18)(H,15,16). The summed E-state index contributed by atoms with van der Waals surface area (Å²) in [5.41, 5.74) is 1.21. The highest BCUT2D eigenvalue weighted by molar-refractivity contribution is 5.92. The van der Waals surface area contributed by atoms with E-state index in [4.69, 9.17) is 4.42 Å². The van der Waals surface area contributed by atoms with Crippen molar-refractivity contribution in [3.05, 3.63) is 41.6 Å². The van der Waals surface area contributed by atoms with Crippen LogP contribution in [0.25, 0.3) is 0 Å². The molecule has 0 aromatic carbocycles. The van der Waals surface area contributed by atoms with E-state index in [9.17, 15) is 9.90 Å². The predicted molar refractivity (Wildman–Crippen MR) is 68.7 cm³/mol. The largest absolute Gasteiger partial charge is 0.467 e. The van der Waals surface area contributed by atoms with Crippen LogP contribution in [0, 0.1) is 0 Å². The molecule has 0 fully saturated rings. The third-order valence-corrected chi connectivity index (χ3v) is 2.78. The minimum atomic E-state index is -0.859. The van der Waals surface area contributed by atoms with Gasteiger partial charge in [0.25, 0.3) is 5.91 Å². The summed E-state index contributed by atoms with van der Waals surface area (Å²) >= 11 is 0. The molecule has 0 radical (unpaired) electrons. The van der Waals surface area contributed by atoms with E-state index in [0.29, 0.717) is 11.5 Å². The Kier molecular flexibility index (Phi) is 4.01. The van der Waals surface area contributed by atoms with E-state index >= 15 is 0 Å². The number of aromatic nitrogens is 2. The van der Waals surface area contributed by atoms with Gasteiger partial charge in [-0.05, 0) is 24.1 Å². The fourth-order valence-electron chi connectivity index (χ4n) is 1.61. The Bertz CT molecular complexity index is 531. The number of nitrogens with one attached hydrogen (secondary N) is 2. The van der Waals surface area contributed by atoms with Crippen LogP contribution >= 0.6 is 0 Å². The Hall–Kier alpha value is -2.08. The van der Waals surface area contributed by atoms with Gasteiger partial charge in [0, 0.05) is 5.69 Å². The van der Waals surface area contributed by atoms with Gasteiger partial charge in [-0.2, -0.15) is 5.10 Å². The second-order valence-electron chi connectivity index (χ2n) is 4.60. The lowest BCUT2D eigenvalue weighted by Gasteiger charge is -2.08. The highest BCUT2D eigenvalue weighted by Gasteiger charge is 2.15. The number of hydrogen-bond donors (Lipinski definition) is 3. The highest BCUT2D eigenvalue weighted by Crippen LogP contribution is 2.13. The molecule has 0 saturated carbocycles. The number of amides is 1. The fraction of sp³-hybridized carbons (Fsp3) is 0.385. The highest BCUT2D eigenvalue weighted by atomic mass is 16.4. The van der Waals surface area contributed by atoms with Crippen molar-refractivity contribution in [2.24, 2.45) is 0 Å². The van der Waals surface area contributed by atoms with Crippen LogP contribution in [-0.2, 0) is 0 Å².